The molecule has 3 heterocycles. The van der Waals surface area contributed by atoms with Gasteiger partial charge in [0.15, 0.2) is 0 Å². The minimum absolute atomic E-state index is 0.0332. The highest BCUT2D eigenvalue weighted by molar-refractivity contribution is 5.94. The van der Waals surface area contributed by atoms with E-state index in [4.69, 9.17) is 0 Å². The van der Waals surface area contributed by atoms with Crippen LogP contribution in [0, 0.1) is 5.95 Å². The van der Waals surface area contributed by atoms with Gasteiger partial charge in [-0.05, 0) is 44.5 Å². The zero-order valence-electron chi connectivity index (χ0n) is 10.9. The molecule has 1 aromatic heterocycles. The third-order valence-electron chi connectivity index (χ3n) is 4.08. The summed E-state index contributed by atoms with van der Waals surface area (Å²) in [6.07, 6.45) is 4.90. The second-order valence-corrected chi connectivity index (χ2v) is 5.31. The molecular weight excluding hydrogens is 245 g/mol. The molecule has 4 nitrogen and oxygen atoms in total. The van der Waals surface area contributed by atoms with Gasteiger partial charge in [0.05, 0.1) is 5.56 Å². The highest BCUT2D eigenvalue weighted by atomic mass is 19.1. The van der Waals surface area contributed by atoms with Gasteiger partial charge in [0.1, 0.15) is 0 Å². The summed E-state index contributed by atoms with van der Waals surface area (Å²) in [5.74, 6) is -0.581. The van der Waals surface area contributed by atoms with E-state index in [2.05, 4.69) is 9.88 Å². The number of likely N-dealkylation sites (tertiary alicyclic amines) is 2. The summed E-state index contributed by atoms with van der Waals surface area (Å²) in [6.45, 7) is 3.89. The van der Waals surface area contributed by atoms with Crippen molar-refractivity contribution in [2.45, 2.75) is 25.3 Å². The van der Waals surface area contributed by atoms with Gasteiger partial charge in [-0.25, -0.2) is 4.98 Å². The van der Waals surface area contributed by atoms with Crippen LogP contribution in [-0.4, -0.2) is 52.9 Å². The molecule has 1 atom stereocenters. The van der Waals surface area contributed by atoms with Crippen LogP contribution in [0.2, 0.25) is 0 Å². The molecule has 0 aliphatic carbocycles. The standard InChI is InChI=1S/C14H18FN3O/c15-13-4-3-11(9-16-13)14(19)18-8-5-12(10-18)17-6-1-2-7-17/h3-4,9,12H,1-2,5-8,10H2. The van der Waals surface area contributed by atoms with Crippen LogP contribution in [0.5, 0.6) is 0 Å². The van der Waals surface area contributed by atoms with E-state index in [1.807, 2.05) is 4.90 Å². The Morgan fingerprint density at radius 1 is 1.26 bits per heavy atom. The Hall–Kier alpha value is -1.49. The number of carbonyl (C=O) groups is 1. The predicted octanol–water partition coefficient (Wildman–Crippen LogP) is 1.53. The van der Waals surface area contributed by atoms with E-state index in [-0.39, 0.29) is 5.91 Å². The highest BCUT2D eigenvalue weighted by Gasteiger charge is 2.31. The van der Waals surface area contributed by atoms with E-state index >= 15 is 0 Å². The first-order valence-electron chi connectivity index (χ1n) is 6.89. The molecule has 1 aromatic rings. The molecule has 102 valence electrons. The Balaban J connectivity index is 1.63. The summed E-state index contributed by atoms with van der Waals surface area (Å²) in [5.41, 5.74) is 0.475. The molecule has 0 N–H and O–H groups in total. The van der Waals surface area contributed by atoms with Crippen molar-refractivity contribution in [3.05, 3.63) is 29.8 Å². The van der Waals surface area contributed by atoms with Crippen LogP contribution in [0.3, 0.4) is 0 Å². The van der Waals surface area contributed by atoms with Crippen LogP contribution in [0.1, 0.15) is 29.6 Å². The minimum atomic E-state index is -0.548. The third kappa shape index (κ3) is 2.61. The van der Waals surface area contributed by atoms with Crippen molar-refractivity contribution in [3.63, 3.8) is 0 Å². The maximum atomic E-state index is 12.8. The molecule has 0 aromatic carbocycles. The van der Waals surface area contributed by atoms with Crippen molar-refractivity contribution >= 4 is 5.91 Å². The number of hydrogen-bond donors (Lipinski definition) is 0. The monoisotopic (exact) mass is 263 g/mol. The maximum Gasteiger partial charge on any atom is 0.255 e. The molecule has 5 heteroatoms. The molecular formula is C14H18FN3O. The number of carbonyl (C=O) groups excluding carboxylic acids is 1. The van der Waals surface area contributed by atoms with Crippen molar-refractivity contribution in [1.29, 1.82) is 0 Å². The molecule has 19 heavy (non-hydrogen) atoms. The molecule has 2 aliphatic rings. The van der Waals surface area contributed by atoms with Crippen molar-refractivity contribution in [1.82, 2.24) is 14.8 Å². The first kappa shape index (κ1) is 12.5. The first-order chi connectivity index (χ1) is 9.24. The molecule has 0 spiro atoms. The van der Waals surface area contributed by atoms with Gasteiger partial charge in [0.25, 0.3) is 5.91 Å². The number of aromatic nitrogens is 1. The molecule has 0 bridgehead atoms. The molecule has 2 saturated heterocycles. The molecule has 1 unspecified atom stereocenters. The lowest BCUT2D eigenvalue weighted by Crippen LogP contribution is -2.37. The molecule has 0 radical (unpaired) electrons. The molecule has 1 amide bonds. The molecule has 2 aliphatic heterocycles. The van der Waals surface area contributed by atoms with Crippen LogP contribution in [0.15, 0.2) is 18.3 Å². The number of hydrogen-bond acceptors (Lipinski definition) is 3. The second kappa shape index (κ2) is 5.25. The van der Waals surface area contributed by atoms with Crippen molar-refractivity contribution in [2.24, 2.45) is 0 Å². The summed E-state index contributed by atoms with van der Waals surface area (Å²) in [7, 11) is 0. The van der Waals surface area contributed by atoms with E-state index < -0.39 is 5.95 Å². The second-order valence-electron chi connectivity index (χ2n) is 5.31. The Morgan fingerprint density at radius 2 is 2.05 bits per heavy atom. The first-order valence-corrected chi connectivity index (χ1v) is 6.89. The van der Waals surface area contributed by atoms with Gasteiger partial charge in [-0.2, -0.15) is 4.39 Å². The van der Waals surface area contributed by atoms with Crippen LogP contribution in [-0.2, 0) is 0 Å². The Labute approximate surface area is 112 Å². The smallest absolute Gasteiger partial charge is 0.255 e. The fraction of sp³-hybridized carbons (Fsp3) is 0.571. The van der Waals surface area contributed by atoms with Crippen LogP contribution in [0.4, 0.5) is 4.39 Å². The summed E-state index contributed by atoms with van der Waals surface area (Å²) < 4.78 is 12.8. The van der Waals surface area contributed by atoms with E-state index in [1.54, 1.807) is 0 Å². The summed E-state index contributed by atoms with van der Waals surface area (Å²) in [4.78, 5) is 20.1. The Bertz CT molecular complexity index is 456. The lowest BCUT2D eigenvalue weighted by Gasteiger charge is -2.23. The zero-order valence-corrected chi connectivity index (χ0v) is 10.9. The Kier molecular flexibility index (Phi) is 3.46. The fourth-order valence-electron chi connectivity index (χ4n) is 3.02. The van der Waals surface area contributed by atoms with E-state index in [0.29, 0.717) is 11.6 Å². The molecule has 2 fully saturated rings. The van der Waals surface area contributed by atoms with Crippen molar-refractivity contribution in [3.8, 4) is 0 Å². The Morgan fingerprint density at radius 3 is 2.74 bits per heavy atom. The van der Waals surface area contributed by atoms with Gasteiger partial charge in [-0.15, -0.1) is 0 Å². The lowest BCUT2D eigenvalue weighted by molar-refractivity contribution is 0.0779. The van der Waals surface area contributed by atoms with Gasteiger partial charge < -0.3 is 4.90 Å². The van der Waals surface area contributed by atoms with E-state index in [1.165, 1.54) is 31.2 Å². The fourth-order valence-corrected chi connectivity index (χ4v) is 3.02. The van der Waals surface area contributed by atoms with E-state index in [0.717, 1.165) is 32.6 Å². The predicted molar refractivity (Wildman–Crippen MR) is 69.3 cm³/mol. The van der Waals surface area contributed by atoms with Crippen molar-refractivity contribution in [2.75, 3.05) is 26.2 Å². The van der Waals surface area contributed by atoms with Crippen LogP contribution < -0.4 is 0 Å². The SMILES string of the molecule is O=C(c1ccc(F)nc1)N1CCC(N2CCCC2)C1. The molecule has 3 rings (SSSR count). The topological polar surface area (TPSA) is 36.4 Å². The summed E-state index contributed by atoms with van der Waals surface area (Å²) in [6, 6.07) is 3.25. The zero-order chi connectivity index (χ0) is 13.2. The lowest BCUT2D eigenvalue weighted by atomic mass is 10.2. The number of pyridine rings is 1. The quantitative estimate of drug-likeness (QED) is 0.759. The van der Waals surface area contributed by atoms with Gasteiger partial charge in [-0.3, -0.25) is 9.69 Å². The maximum absolute atomic E-state index is 12.8. The third-order valence-corrected chi connectivity index (χ3v) is 4.08. The van der Waals surface area contributed by atoms with E-state index in [9.17, 15) is 9.18 Å². The van der Waals surface area contributed by atoms with Gasteiger partial charge in [-0.1, -0.05) is 0 Å². The van der Waals surface area contributed by atoms with Crippen LogP contribution in [0.25, 0.3) is 0 Å². The number of rotatable bonds is 2. The number of amides is 1. The van der Waals surface area contributed by atoms with Gasteiger partial charge >= 0.3 is 0 Å². The normalized spacial score (nSPS) is 24.1. The number of nitrogens with zero attached hydrogens (tertiary/aromatic N) is 3. The molecule has 0 saturated carbocycles. The number of halogens is 1. The van der Waals surface area contributed by atoms with Crippen molar-refractivity contribution < 1.29 is 9.18 Å². The van der Waals surface area contributed by atoms with Crippen LogP contribution >= 0.6 is 0 Å². The average molecular weight is 263 g/mol. The van der Waals surface area contributed by atoms with Gasteiger partial charge in [0.2, 0.25) is 5.95 Å². The minimum Gasteiger partial charge on any atom is -0.337 e. The van der Waals surface area contributed by atoms with Gasteiger partial charge in [0, 0.05) is 25.3 Å². The summed E-state index contributed by atoms with van der Waals surface area (Å²) in [5, 5.41) is 0. The largest absolute Gasteiger partial charge is 0.337 e. The highest BCUT2D eigenvalue weighted by Crippen LogP contribution is 2.21. The summed E-state index contributed by atoms with van der Waals surface area (Å²) >= 11 is 0. The average Bonchev–Trinajstić information content (AvgIpc) is 3.10.